The zero-order valence-corrected chi connectivity index (χ0v) is 6.64. The number of thiophene rings is 1. The predicted molar refractivity (Wildman–Crippen MR) is 42.9 cm³/mol. The molecule has 0 aromatic carbocycles. The van der Waals surface area contributed by atoms with Gasteiger partial charge in [-0.15, -0.1) is 11.3 Å². The van der Waals surface area contributed by atoms with E-state index in [1.165, 1.54) is 0 Å². The molecular weight excluding hydrogens is 146 g/mol. The largest absolute Gasteiger partial charge is 0.391 e. The maximum Gasteiger partial charge on any atom is 0.0712 e. The maximum atomic E-state index is 9.07. The first-order valence-corrected chi connectivity index (χ1v) is 4.07. The van der Waals surface area contributed by atoms with Crippen molar-refractivity contribution >= 4 is 11.3 Å². The number of hydrogen-bond donors (Lipinski definition) is 2. The Morgan fingerprint density at radius 3 is 2.80 bits per heavy atom. The van der Waals surface area contributed by atoms with Crippen LogP contribution in [0.25, 0.3) is 0 Å². The quantitative estimate of drug-likeness (QED) is 0.676. The van der Waals surface area contributed by atoms with Crippen LogP contribution in [-0.4, -0.2) is 11.2 Å². The second-order valence-electron chi connectivity index (χ2n) is 2.28. The van der Waals surface area contributed by atoms with Crippen LogP contribution in [0.2, 0.25) is 0 Å². The molecule has 0 radical (unpaired) electrons. The molecule has 0 saturated carbocycles. The van der Waals surface area contributed by atoms with Gasteiger partial charge in [0.2, 0.25) is 0 Å². The Labute approximate surface area is 64.3 Å². The summed E-state index contributed by atoms with van der Waals surface area (Å²) in [7, 11) is 0. The molecule has 1 heterocycles. The van der Waals surface area contributed by atoms with Crippen molar-refractivity contribution in [2.24, 2.45) is 5.73 Å². The van der Waals surface area contributed by atoms with Gasteiger partial charge in [0, 0.05) is 4.88 Å². The fourth-order valence-corrected chi connectivity index (χ4v) is 1.54. The standard InChI is InChI=1S/C7H11NOS/c1-5(9)7(8)6-3-2-4-10-6/h2-5,7,9H,8H2,1H3/t5-,7-/m0/s1. The van der Waals surface area contributed by atoms with E-state index in [9.17, 15) is 0 Å². The first-order chi connectivity index (χ1) is 4.72. The zero-order valence-electron chi connectivity index (χ0n) is 5.82. The van der Waals surface area contributed by atoms with Gasteiger partial charge in [-0.1, -0.05) is 6.07 Å². The van der Waals surface area contributed by atoms with Crippen LogP contribution >= 0.6 is 11.3 Å². The van der Waals surface area contributed by atoms with Gasteiger partial charge < -0.3 is 10.8 Å². The molecule has 0 spiro atoms. The minimum absolute atomic E-state index is 0.222. The minimum Gasteiger partial charge on any atom is -0.391 e. The zero-order chi connectivity index (χ0) is 7.56. The van der Waals surface area contributed by atoms with Crippen molar-refractivity contribution in [1.82, 2.24) is 0 Å². The summed E-state index contributed by atoms with van der Waals surface area (Å²) >= 11 is 1.57. The highest BCUT2D eigenvalue weighted by Crippen LogP contribution is 2.18. The topological polar surface area (TPSA) is 46.2 Å². The van der Waals surface area contributed by atoms with Crippen molar-refractivity contribution in [3.8, 4) is 0 Å². The van der Waals surface area contributed by atoms with Gasteiger partial charge in [0.05, 0.1) is 12.1 Å². The molecule has 10 heavy (non-hydrogen) atoms. The second kappa shape index (κ2) is 3.14. The Hall–Kier alpha value is -0.380. The Kier molecular flexibility index (Phi) is 2.43. The lowest BCUT2D eigenvalue weighted by Gasteiger charge is -2.11. The first-order valence-electron chi connectivity index (χ1n) is 3.19. The van der Waals surface area contributed by atoms with Crippen LogP contribution in [-0.2, 0) is 0 Å². The SMILES string of the molecule is C[C@H](O)[C@H](N)c1cccs1. The molecule has 3 heteroatoms. The summed E-state index contributed by atoms with van der Waals surface area (Å²) in [6, 6.07) is 3.64. The van der Waals surface area contributed by atoms with E-state index in [2.05, 4.69) is 0 Å². The molecule has 0 aliphatic heterocycles. The molecule has 0 unspecified atom stereocenters. The minimum atomic E-state index is -0.460. The first kappa shape index (κ1) is 7.72. The molecular formula is C7H11NOS. The lowest BCUT2D eigenvalue weighted by Crippen LogP contribution is -2.21. The molecule has 0 amide bonds. The van der Waals surface area contributed by atoms with Crippen molar-refractivity contribution in [2.45, 2.75) is 19.1 Å². The molecule has 0 aliphatic rings. The van der Waals surface area contributed by atoms with Gasteiger partial charge in [0.15, 0.2) is 0 Å². The Morgan fingerprint density at radius 2 is 2.40 bits per heavy atom. The van der Waals surface area contributed by atoms with Gasteiger partial charge in [-0.05, 0) is 18.4 Å². The van der Waals surface area contributed by atoms with E-state index in [0.29, 0.717) is 0 Å². The van der Waals surface area contributed by atoms with Crippen LogP contribution in [0.15, 0.2) is 17.5 Å². The highest BCUT2D eigenvalue weighted by atomic mass is 32.1. The third-order valence-electron chi connectivity index (χ3n) is 1.39. The highest BCUT2D eigenvalue weighted by Gasteiger charge is 2.11. The number of rotatable bonds is 2. The van der Waals surface area contributed by atoms with Crippen LogP contribution < -0.4 is 5.73 Å². The smallest absolute Gasteiger partial charge is 0.0712 e. The van der Waals surface area contributed by atoms with Gasteiger partial charge in [0.25, 0.3) is 0 Å². The summed E-state index contributed by atoms with van der Waals surface area (Å²) in [5.74, 6) is 0. The van der Waals surface area contributed by atoms with Crippen LogP contribution in [0.4, 0.5) is 0 Å². The van der Waals surface area contributed by atoms with Crippen molar-refractivity contribution in [3.05, 3.63) is 22.4 Å². The Morgan fingerprint density at radius 1 is 1.70 bits per heavy atom. The van der Waals surface area contributed by atoms with Crippen LogP contribution in [0.1, 0.15) is 17.8 Å². The molecule has 56 valence electrons. The Bertz CT molecular complexity index is 183. The van der Waals surface area contributed by atoms with E-state index in [0.717, 1.165) is 4.88 Å². The number of aliphatic hydroxyl groups is 1. The fraction of sp³-hybridized carbons (Fsp3) is 0.429. The molecule has 2 atom stereocenters. The van der Waals surface area contributed by atoms with Crippen molar-refractivity contribution in [2.75, 3.05) is 0 Å². The van der Waals surface area contributed by atoms with Gasteiger partial charge in [-0.3, -0.25) is 0 Å². The van der Waals surface area contributed by atoms with Crippen molar-refractivity contribution in [1.29, 1.82) is 0 Å². The molecule has 1 aromatic heterocycles. The van der Waals surface area contributed by atoms with E-state index in [1.807, 2.05) is 17.5 Å². The molecule has 0 aliphatic carbocycles. The summed E-state index contributed by atoms with van der Waals surface area (Å²) in [6.45, 7) is 1.70. The second-order valence-corrected chi connectivity index (χ2v) is 3.26. The fourth-order valence-electron chi connectivity index (χ4n) is 0.719. The summed E-state index contributed by atoms with van der Waals surface area (Å²) in [5, 5.41) is 11.0. The number of hydrogen-bond acceptors (Lipinski definition) is 3. The van der Waals surface area contributed by atoms with Crippen molar-refractivity contribution < 1.29 is 5.11 Å². The summed E-state index contributed by atoms with van der Waals surface area (Å²) < 4.78 is 0. The number of aliphatic hydroxyl groups excluding tert-OH is 1. The Balaban J connectivity index is 2.68. The van der Waals surface area contributed by atoms with Gasteiger partial charge >= 0.3 is 0 Å². The molecule has 0 fully saturated rings. The molecule has 0 saturated heterocycles. The normalized spacial score (nSPS) is 16.7. The molecule has 2 nitrogen and oxygen atoms in total. The van der Waals surface area contributed by atoms with Crippen molar-refractivity contribution in [3.63, 3.8) is 0 Å². The van der Waals surface area contributed by atoms with E-state index < -0.39 is 6.10 Å². The van der Waals surface area contributed by atoms with E-state index in [-0.39, 0.29) is 6.04 Å². The molecule has 3 N–H and O–H groups in total. The summed E-state index contributed by atoms with van der Waals surface area (Å²) in [4.78, 5) is 1.04. The number of nitrogens with two attached hydrogens (primary N) is 1. The third kappa shape index (κ3) is 1.56. The molecule has 1 aromatic rings. The monoisotopic (exact) mass is 157 g/mol. The maximum absolute atomic E-state index is 9.07. The third-order valence-corrected chi connectivity index (χ3v) is 2.37. The van der Waals surface area contributed by atoms with E-state index in [1.54, 1.807) is 18.3 Å². The van der Waals surface area contributed by atoms with Crippen LogP contribution in [0.5, 0.6) is 0 Å². The average Bonchev–Trinajstić information content (AvgIpc) is 2.36. The molecule has 0 bridgehead atoms. The lowest BCUT2D eigenvalue weighted by atomic mass is 10.2. The summed E-state index contributed by atoms with van der Waals surface area (Å²) in [6.07, 6.45) is -0.460. The van der Waals surface area contributed by atoms with E-state index >= 15 is 0 Å². The van der Waals surface area contributed by atoms with Crippen LogP contribution in [0, 0.1) is 0 Å². The molecule has 1 rings (SSSR count). The highest BCUT2D eigenvalue weighted by molar-refractivity contribution is 7.10. The van der Waals surface area contributed by atoms with E-state index in [4.69, 9.17) is 10.8 Å². The van der Waals surface area contributed by atoms with Crippen LogP contribution in [0.3, 0.4) is 0 Å². The van der Waals surface area contributed by atoms with Gasteiger partial charge in [-0.2, -0.15) is 0 Å². The van der Waals surface area contributed by atoms with Gasteiger partial charge in [0.1, 0.15) is 0 Å². The lowest BCUT2D eigenvalue weighted by molar-refractivity contribution is 0.165. The predicted octanol–water partition coefficient (Wildman–Crippen LogP) is 1.13. The average molecular weight is 157 g/mol. The summed E-state index contributed by atoms with van der Waals surface area (Å²) in [5.41, 5.74) is 5.64. The van der Waals surface area contributed by atoms with Gasteiger partial charge in [-0.25, -0.2) is 0 Å².